The standard InChI is InChI=1S/C31H27N3O2/c1-31-19-7-6-10-26(31)28(21-13-17-23(36-3)18-14-21)33-30(31)34-29-25-9-5-4-8-24(25)27(32-29)20-11-15-22(35-2)16-12-20/h4-19,26,32H,1-3H3. The van der Waals surface area contributed by atoms with E-state index in [9.17, 15) is 0 Å². The van der Waals surface area contributed by atoms with Crippen molar-refractivity contribution < 1.29 is 9.47 Å². The van der Waals surface area contributed by atoms with E-state index in [4.69, 9.17) is 19.5 Å². The Kier molecular flexibility index (Phi) is 5.33. The number of H-pyrrole nitrogens is 1. The third-order valence-corrected chi connectivity index (χ3v) is 7.18. The van der Waals surface area contributed by atoms with Gasteiger partial charge in [0.2, 0.25) is 0 Å². The number of aromatic nitrogens is 1. The fraction of sp³-hybridized carbons (Fsp3) is 0.161. The number of benzene rings is 3. The van der Waals surface area contributed by atoms with Crippen LogP contribution in [0.25, 0.3) is 22.0 Å². The van der Waals surface area contributed by atoms with Crippen molar-refractivity contribution in [3.05, 3.63) is 103 Å². The Hall–Kier alpha value is -4.38. The number of hydrogen-bond acceptors (Lipinski definition) is 3. The number of nitrogens with zero attached hydrogens (tertiary/aromatic N) is 2. The molecule has 1 aliphatic heterocycles. The first-order valence-corrected chi connectivity index (χ1v) is 12.0. The molecule has 2 atom stereocenters. The van der Waals surface area contributed by atoms with Crippen molar-refractivity contribution in [2.75, 3.05) is 14.2 Å². The minimum absolute atomic E-state index is 0.108. The fourth-order valence-corrected chi connectivity index (χ4v) is 5.12. The van der Waals surface area contributed by atoms with Crippen LogP contribution in [0.4, 0.5) is 5.82 Å². The van der Waals surface area contributed by atoms with E-state index < -0.39 is 0 Å². The summed E-state index contributed by atoms with van der Waals surface area (Å²) in [6, 6.07) is 24.5. The highest BCUT2D eigenvalue weighted by molar-refractivity contribution is 6.19. The molecule has 6 rings (SSSR count). The number of allylic oxidation sites excluding steroid dienone is 3. The van der Waals surface area contributed by atoms with Gasteiger partial charge in [0.25, 0.3) is 0 Å². The summed E-state index contributed by atoms with van der Waals surface area (Å²) in [5, 5.41) is 2.19. The van der Waals surface area contributed by atoms with E-state index in [0.29, 0.717) is 0 Å². The average molecular weight is 474 g/mol. The quantitative estimate of drug-likeness (QED) is 0.335. The highest BCUT2D eigenvalue weighted by Crippen LogP contribution is 2.45. The Morgan fingerprint density at radius 3 is 2.11 bits per heavy atom. The maximum atomic E-state index is 5.35. The molecule has 2 heterocycles. The molecule has 4 aromatic rings. The highest BCUT2D eigenvalue weighted by atomic mass is 16.5. The second-order valence-electron chi connectivity index (χ2n) is 9.29. The van der Waals surface area contributed by atoms with E-state index >= 15 is 0 Å². The second kappa shape index (κ2) is 8.68. The molecular formula is C31H27N3O2. The number of rotatable bonds is 5. The van der Waals surface area contributed by atoms with Gasteiger partial charge in [-0.3, -0.25) is 0 Å². The van der Waals surface area contributed by atoms with E-state index in [0.717, 1.165) is 56.5 Å². The molecule has 1 aromatic heterocycles. The summed E-state index contributed by atoms with van der Waals surface area (Å²) >= 11 is 0. The molecule has 0 bridgehead atoms. The van der Waals surface area contributed by atoms with Crippen molar-refractivity contribution in [3.8, 4) is 22.8 Å². The van der Waals surface area contributed by atoms with E-state index in [2.05, 4.69) is 78.7 Å². The number of fused-ring (bicyclic) bond motifs is 2. The Morgan fingerprint density at radius 1 is 0.806 bits per heavy atom. The van der Waals surface area contributed by atoms with Crippen LogP contribution in [-0.2, 0) is 0 Å². The monoisotopic (exact) mass is 473 g/mol. The van der Waals surface area contributed by atoms with Crippen LogP contribution in [0.2, 0.25) is 0 Å². The molecule has 0 fully saturated rings. The minimum atomic E-state index is -0.337. The Balaban J connectivity index is 1.49. The van der Waals surface area contributed by atoms with Crippen molar-refractivity contribution >= 4 is 28.1 Å². The van der Waals surface area contributed by atoms with Gasteiger partial charge in [-0.05, 0) is 66.6 Å². The molecule has 1 aliphatic carbocycles. The van der Waals surface area contributed by atoms with Gasteiger partial charge in [0.05, 0.1) is 31.0 Å². The van der Waals surface area contributed by atoms with Crippen molar-refractivity contribution in [3.63, 3.8) is 0 Å². The molecule has 0 saturated heterocycles. The third kappa shape index (κ3) is 3.55. The van der Waals surface area contributed by atoms with Crippen LogP contribution in [0.5, 0.6) is 11.5 Å². The largest absolute Gasteiger partial charge is 0.497 e. The number of methoxy groups -OCH3 is 2. The lowest BCUT2D eigenvalue weighted by molar-refractivity contribution is 0.414. The van der Waals surface area contributed by atoms with Gasteiger partial charge in [-0.25, -0.2) is 9.98 Å². The molecule has 178 valence electrons. The molecule has 5 nitrogen and oxygen atoms in total. The average Bonchev–Trinajstić information content (AvgIpc) is 3.44. The van der Waals surface area contributed by atoms with Crippen LogP contribution < -0.4 is 9.47 Å². The molecule has 2 unspecified atom stereocenters. The molecule has 0 spiro atoms. The van der Waals surface area contributed by atoms with Gasteiger partial charge in [-0.15, -0.1) is 0 Å². The Labute approximate surface area is 210 Å². The molecule has 36 heavy (non-hydrogen) atoms. The first-order chi connectivity index (χ1) is 17.6. The SMILES string of the molecule is COc1ccc(C2=NC(=Nc3[nH]c(-c4ccc(OC)cc4)c4ccccc34)C3(C)C=CC=CC23)cc1. The first kappa shape index (κ1) is 22.1. The molecule has 0 saturated carbocycles. The zero-order chi connectivity index (χ0) is 24.7. The predicted octanol–water partition coefficient (Wildman–Crippen LogP) is 7.13. The summed E-state index contributed by atoms with van der Waals surface area (Å²) in [6.07, 6.45) is 8.63. The van der Waals surface area contributed by atoms with E-state index in [1.165, 1.54) is 0 Å². The maximum Gasteiger partial charge on any atom is 0.141 e. The van der Waals surface area contributed by atoms with Crippen LogP contribution >= 0.6 is 0 Å². The topological polar surface area (TPSA) is 59.0 Å². The summed E-state index contributed by atoms with van der Waals surface area (Å²) < 4.78 is 10.7. The van der Waals surface area contributed by atoms with Gasteiger partial charge in [-0.1, -0.05) is 48.6 Å². The number of ether oxygens (including phenoxy) is 2. The summed E-state index contributed by atoms with van der Waals surface area (Å²) in [4.78, 5) is 13.9. The zero-order valence-corrected chi connectivity index (χ0v) is 20.5. The van der Waals surface area contributed by atoms with Crippen molar-refractivity contribution in [2.45, 2.75) is 6.92 Å². The van der Waals surface area contributed by atoms with Gasteiger partial charge < -0.3 is 14.5 Å². The molecule has 0 amide bonds. The van der Waals surface area contributed by atoms with Gasteiger partial charge in [-0.2, -0.15) is 0 Å². The van der Waals surface area contributed by atoms with Crippen molar-refractivity contribution in [1.29, 1.82) is 0 Å². The van der Waals surface area contributed by atoms with E-state index in [-0.39, 0.29) is 11.3 Å². The van der Waals surface area contributed by atoms with E-state index in [1.807, 2.05) is 30.3 Å². The van der Waals surface area contributed by atoms with Crippen molar-refractivity contribution in [1.82, 2.24) is 4.98 Å². The summed E-state index contributed by atoms with van der Waals surface area (Å²) in [6.45, 7) is 2.21. The first-order valence-electron chi connectivity index (χ1n) is 12.0. The number of amidine groups is 1. The van der Waals surface area contributed by atoms with Gasteiger partial charge in [0.15, 0.2) is 0 Å². The molecule has 0 radical (unpaired) electrons. The molecule has 3 aromatic carbocycles. The molecule has 1 N–H and O–H groups in total. The molecular weight excluding hydrogens is 446 g/mol. The van der Waals surface area contributed by atoms with Crippen molar-refractivity contribution in [2.24, 2.45) is 21.3 Å². The van der Waals surface area contributed by atoms with E-state index in [1.54, 1.807) is 14.2 Å². The highest BCUT2D eigenvalue weighted by Gasteiger charge is 2.45. The lowest BCUT2D eigenvalue weighted by Gasteiger charge is -2.28. The smallest absolute Gasteiger partial charge is 0.141 e. The van der Waals surface area contributed by atoms with Gasteiger partial charge in [0.1, 0.15) is 23.2 Å². The summed E-state index contributed by atoms with van der Waals surface area (Å²) in [7, 11) is 3.36. The predicted molar refractivity (Wildman–Crippen MR) is 147 cm³/mol. The van der Waals surface area contributed by atoms with Crippen LogP contribution in [0.15, 0.2) is 107 Å². The lowest BCUT2D eigenvalue weighted by Crippen LogP contribution is -2.31. The normalized spacial score (nSPS) is 21.6. The summed E-state index contributed by atoms with van der Waals surface area (Å²) in [5.41, 5.74) is 3.87. The number of nitrogens with one attached hydrogen (secondary N) is 1. The maximum absolute atomic E-state index is 5.35. The Bertz CT molecular complexity index is 1560. The van der Waals surface area contributed by atoms with Crippen LogP contribution in [0.1, 0.15) is 12.5 Å². The Morgan fingerprint density at radius 2 is 1.44 bits per heavy atom. The zero-order valence-electron chi connectivity index (χ0n) is 20.5. The molecule has 2 aliphatic rings. The minimum Gasteiger partial charge on any atom is -0.497 e. The number of hydrogen-bond donors (Lipinski definition) is 1. The summed E-state index contributed by atoms with van der Waals surface area (Å²) in [5.74, 6) is 3.38. The second-order valence-corrected chi connectivity index (χ2v) is 9.29. The van der Waals surface area contributed by atoms with Gasteiger partial charge in [0, 0.05) is 16.7 Å². The third-order valence-electron chi connectivity index (χ3n) is 7.18. The van der Waals surface area contributed by atoms with Crippen LogP contribution in [-0.4, -0.2) is 30.8 Å². The van der Waals surface area contributed by atoms with Gasteiger partial charge >= 0.3 is 0 Å². The van der Waals surface area contributed by atoms with Crippen LogP contribution in [0.3, 0.4) is 0 Å². The number of aromatic amines is 1. The number of aliphatic imine (C=N–C) groups is 2. The molecule has 5 heteroatoms. The van der Waals surface area contributed by atoms with Crippen LogP contribution in [0, 0.1) is 11.3 Å². The lowest BCUT2D eigenvalue weighted by atomic mass is 9.72. The fourth-order valence-electron chi connectivity index (χ4n) is 5.12.